The Kier molecular flexibility index (Phi) is 7.56. The summed E-state index contributed by atoms with van der Waals surface area (Å²) in [6.07, 6.45) is 4.33. The molecule has 0 bridgehead atoms. The second-order valence-corrected chi connectivity index (χ2v) is 4.19. The van der Waals surface area contributed by atoms with Crippen molar-refractivity contribution < 1.29 is 5.11 Å². The Morgan fingerprint density at radius 3 is 2.69 bits per heavy atom. The molecule has 1 atom stereocenters. The standard InChI is InChI=1S/C12H18ClNO.ClH/c1-2-3-4-8-11(14)9-6-5-7-10(13)12(9)15;/h5-7,11,15H,2-4,8,14H2,1H3;1H/t11-;/m1./s1. The molecule has 0 unspecified atom stereocenters. The van der Waals surface area contributed by atoms with Gasteiger partial charge in [0.1, 0.15) is 5.75 Å². The summed E-state index contributed by atoms with van der Waals surface area (Å²) in [5.74, 6) is 0.128. The average molecular weight is 264 g/mol. The molecule has 0 fully saturated rings. The fraction of sp³-hybridized carbons (Fsp3) is 0.500. The molecule has 0 heterocycles. The van der Waals surface area contributed by atoms with Gasteiger partial charge in [0.2, 0.25) is 0 Å². The van der Waals surface area contributed by atoms with Gasteiger partial charge >= 0.3 is 0 Å². The largest absolute Gasteiger partial charge is 0.506 e. The number of rotatable bonds is 5. The molecule has 0 radical (unpaired) electrons. The Morgan fingerprint density at radius 2 is 2.06 bits per heavy atom. The minimum atomic E-state index is -0.116. The predicted molar refractivity (Wildman–Crippen MR) is 71.4 cm³/mol. The lowest BCUT2D eigenvalue weighted by atomic mass is 10.0. The van der Waals surface area contributed by atoms with Gasteiger partial charge in [0.05, 0.1) is 5.02 Å². The zero-order valence-corrected chi connectivity index (χ0v) is 11.0. The lowest BCUT2D eigenvalue weighted by Crippen LogP contribution is -2.10. The SMILES string of the molecule is CCCCC[C@@H](N)c1cccc(Cl)c1O.Cl. The first kappa shape index (κ1) is 15.6. The first-order chi connectivity index (χ1) is 7.16. The van der Waals surface area contributed by atoms with Gasteiger partial charge in [0, 0.05) is 11.6 Å². The van der Waals surface area contributed by atoms with Crippen LogP contribution in [0.1, 0.15) is 44.2 Å². The Bertz CT molecular complexity index is 318. The van der Waals surface area contributed by atoms with Gasteiger partial charge in [-0.3, -0.25) is 0 Å². The summed E-state index contributed by atoms with van der Waals surface area (Å²) in [4.78, 5) is 0. The van der Waals surface area contributed by atoms with Crippen molar-refractivity contribution in [2.24, 2.45) is 5.73 Å². The Morgan fingerprint density at radius 1 is 1.38 bits per heavy atom. The number of phenolic OH excluding ortho intramolecular Hbond substituents is 1. The summed E-state index contributed by atoms with van der Waals surface area (Å²) in [6, 6.07) is 5.20. The summed E-state index contributed by atoms with van der Waals surface area (Å²) in [6.45, 7) is 2.16. The lowest BCUT2D eigenvalue weighted by molar-refractivity contribution is 0.456. The Hall–Kier alpha value is -0.440. The third-order valence-electron chi connectivity index (χ3n) is 2.54. The third-order valence-corrected chi connectivity index (χ3v) is 2.84. The molecule has 0 aliphatic rings. The maximum atomic E-state index is 9.71. The fourth-order valence-electron chi connectivity index (χ4n) is 1.60. The van der Waals surface area contributed by atoms with Crippen LogP contribution in [0, 0.1) is 0 Å². The second-order valence-electron chi connectivity index (χ2n) is 3.78. The van der Waals surface area contributed by atoms with Crippen LogP contribution in [0.2, 0.25) is 5.02 Å². The molecule has 0 saturated heterocycles. The summed E-state index contributed by atoms with van der Waals surface area (Å²) >= 11 is 5.81. The van der Waals surface area contributed by atoms with Crippen LogP contribution in [0.25, 0.3) is 0 Å². The molecule has 1 aromatic rings. The smallest absolute Gasteiger partial charge is 0.138 e. The molecule has 0 aliphatic heterocycles. The fourth-order valence-corrected chi connectivity index (χ4v) is 1.78. The summed E-state index contributed by atoms with van der Waals surface area (Å²) in [7, 11) is 0. The summed E-state index contributed by atoms with van der Waals surface area (Å²) < 4.78 is 0. The molecular formula is C12H19Cl2NO. The molecule has 1 aromatic carbocycles. The number of phenols is 1. The molecular weight excluding hydrogens is 245 g/mol. The highest BCUT2D eigenvalue weighted by atomic mass is 35.5. The van der Waals surface area contributed by atoms with E-state index in [0.29, 0.717) is 5.02 Å². The van der Waals surface area contributed by atoms with Crippen LogP contribution < -0.4 is 5.73 Å². The maximum Gasteiger partial charge on any atom is 0.138 e. The van der Waals surface area contributed by atoms with E-state index in [1.807, 2.05) is 12.1 Å². The van der Waals surface area contributed by atoms with Crippen LogP contribution in [-0.2, 0) is 0 Å². The predicted octanol–water partition coefficient (Wildman–Crippen LogP) is 4.05. The van der Waals surface area contributed by atoms with Gasteiger partial charge in [-0.2, -0.15) is 0 Å². The summed E-state index contributed by atoms with van der Waals surface area (Å²) in [5, 5.41) is 10.1. The molecule has 16 heavy (non-hydrogen) atoms. The highest BCUT2D eigenvalue weighted by Gasteiger charge is 2.12. The number of hydrogen-bond acceptors (Lipinski definition) is 2. The number of aromatic hydroxyl groups is 1. The van der Waals surface area contributed by atoms with Crippen LogP contribution in [-0.4, -0.2) is 5.11 Å². The van der Waals surface area contributed by atoms with Crippen molar-refractivity contribution in [3.8, 4) is 5.75 Å². The van der Waals surface area contributed by atoms with Crippen molar-refractivity contribution in [2.45, 2.75) is 38.6 Å². The number of nitrogens with two attached hydrogens (primary N) is 1. The highest BCUT2D eigenvalue weighted by Crippen LogP contribution is 2.32. The number of unbranched alkanes of at least 4 members (excludes halogenated alkanes) is 2. The van der Waals surface area contributed by atoms with Crippen LogP contribution in [0.4, 0.5) is 0 Å². The molecule has 1 rings (SSSR count). The topological polar surface area (TPSA) is 46.2 Å². The van der Waals surface area contributed by atoms with Crippen molar-refractivity contribution in [3.63, 3.8) is 0 Å². The van der Waals surface area contributed by atoms with E-state index in [1.54, 1.807) is 6.07 Å². The number of para-hydroxylation sites is 1. The first-order valence-corrected chi connectivity index (χ1v) is 5.77. The van der Waals surface area contributed by atoms with Crippen molar-refractivity contribution in [2.75, 3.05) is 0 Å². The zero-order chi connectivity index (χ0) is 11.3. The first-order valence-electron chi connectivity index (χ1n) is 5.39. The molecule has 0 spiro atoms. The molecule has 4 heteroatoms. The van der Waals surface area contributed by atoms with E-state index >= 15 is 0 Å². The van der Waals surface area contributed by atoms with Crippen molar-refractivity contribution in [3.05, 3.63) is 28.8 Å². The Labute approximate surface area is 108 Å². The van der Waals surface area contributed by atoms with Gasteiger partial charge in [0.25, 0.3) is 0 Å². The van der Waals surface area contributed by atoms with E-state index in [4.69, 9.17) is 17.3 Å². The van der Waals surface area contributed by atoms with E-state index in [9.17, 15) is 5.11 Å². The van der Waals surface area contributed by atoms with E-state index < -0.39 is 0 Å². The maximum absolute atomic E-state index is 9.71. The van der Waals surface area contributed by atoms with Crippen LogP contribution in [0.15, 0.2) is 18.2 Å². The van der Waals surface area contributed by atoms with Gasteiger partial charge in [-0.15, -0.1) is 12.4 Å². The van der Waals surface area contributed by atoms with Crippen LogP contribution in [0.5, 0.6) is 5.75 Å². The van der Waals surface area contributed by atoms with Gasteiger partial charge < -0.3 is 10.8 Å². The van der Waals surface area contributed by atoms with E-state index in [2.05, 4.69) is 6.92 Å². The molecule has 2 nitrogen and oxygen atoms in total. The number of benzene rings is 1. The van der Waals surface area contributed by atoms with Crippen molar-refractivity contribution in [1.82, 2.24) is 0 Å². The van der Waals surface area contributed by atoms with E-state index in [-0.39, 0.29) is 24.2 Å². The number of halogens is 2. The van der Waals surface area contributed by atoms with E-state index in [1.165, 1.54) is 12.8 Å². The van der Waals surface area contributed by atoms with Gasteiger partial charge in [-0.25, -0.2) is 0 Å². The van der Waals surface area contributed by atoms with Gasteiger partial charge in [-0.05, 0) is 12.5 Å². The van der Waals surface area contributed by atoms with Crippen LogP contribution in [0.3, 0.4) is 0 Å². The van der Waals surface area contributed by atoms with Gasteiger partial charge in [0.15, 0.2) is 0 Å². The van der Waals surface area contributed by atoms with Gasteiger partial charge in [-0.1, -0.05) is 49.9 Å². The van der Waals surface area contributed by atoms with Crippen molar-refractivity contribution in [1.29, 1.82) is 0 Å². The Balaban J connectivity index is 0.00000225. The number of hydrogen-bond donors (Lipinski definition) is 2. The van der Waals surface area contributed by atoms with Crippen molar-refractivity contribution >= 4 is 24.0 Å². The molecule has 0 amide bonds. The minimum Gasteiger partial charge on any atom is -0.506 e. The average Bonchev–Trinajstić information content (AvgIpc) is 2.22. The monoisotopic (exact) mass is 263 g/mol. The molecule has 0 aliphatic carbocycles. The molecule has 0 aromatic heterocycles. The normalized spacial score (nSPS) is 11.9. The molecule has 0 saturated carbocycles. The quantitative estimate of drug-likeness (QED) is 0.788. The highest BCUT2D eigenvalue weighted by molar-refractivity contribution is 6.32. The zero-order valence-electron chi connectivity index (χ0n) is 9.45. The third kappa shape index (κ3) is 4.20. The second kappa shape index (κ2) is 7.77. The minimum absolute atomic E-state index is 0. The van der Waals surface area contributed by atoms with E-state index in [0.717, 1.165) is 18.4 Å². The lowest BCUT2D eigenvalue weighted by Gasteiger charge is -2.13. The molecule has 3 N–H and O–H groups in total. The van der Waals surface area contributed by atoms with Crippen LogP contribution >= 0.6 is 24.0 Å². The molecule has 92 valence electrons. The summed E-state index contributed by atoms with van der Waals surface area (Å²) in [5.41, 5.74) is 6.74.